The van der Waals surface area contributed by atoms with Gasteiger partial charge in [0.05, 0.1) is 12.1 Å². The van der Waals surface area contributed by atoms with Gasteiger partial charge in [-0.2, -0.15) is 0 Å². The minimum Gasteiger partial charge on any atom is -0.368 e. The van der Waals surface area contributed by atoms with Gasteiger partial charge in [-0.3, -0.25) is 14.5 Å². The molecule has 2 aliphatic carbocycles. The van der Waals surface area contributed by atoms with Crippen molar-refractivity contribution in [3.8, 4) is 0 Å². The molecule has 1 saturated heterocycles. The van der Waals surface area contributed by atoms with Gasteiger partial charge in [0.2, 0.25) is 11.8 Å². The molecular weight excluding hydrogens is 418 g/mol. The Bertz CT molecular complexity index is 891. The number of nitrogens with two attached hydrogens (primary N) is 1. The van der Waals surface area contributed by atoms with Crippen LogP contribution in [0.4, 0.5) is 4.79 Å². The lowest BCUT2D eigenvalue weighted by Gasteiger charge is -2.51. The van der Waals surface area contributed by atoms with Crippen molar-refractivity contribution in [2.45, 2.75) is 49.6 Å². The number of carbonyl (C=O) groups excluding carboxylic acids is 3. The summed E-state index contributed by atoms with van der Waals surface area (Å²) in [7, 11) is 5.84. The zero-order valence-corrected chi connectivity index (χ0v) is 20.1. The maximum atomic E-state index is 13.5. The zero-order chi connectivity index (χ0) is 23.8. The highest BCUT2D eigenvalue weighted by atomic mass is 16.2. The minimum atomic E-state index is -0.557. The third kappa shape index (κ3) is 4.58. The van der Waals surface area contributed by atoms with E-state index in [0.29, 0.717) is 12.5 Å². The number of nitrogens with zero attached hydrogens (tertiary/aromatic N) is 4. The third-order valence-electron chi connectivity index (χ3n) is 8.02. The van der Waals surface area contributed by atoms with Gasteiger partial charge in [-0.1, -0.05) is 30.3 Å². The van der Waals surface area contributed by atoms with Crippen LogP contribution in [-0.4, -0.2) is 90.3 Å². The Morgan fingerprint density at radius 1 is 1.06 bits per heavy atom. The second-order valence-electron chi connectivity index (χ2n) is 10.4. The number of hydrogen-bond acceptors (Lipinski definition) is 4. The van der Waals surface area contributed by atoms with E-state index >= 15 is 0 Å². The molecule has 0 aromatic heterocycles. The van der Waals surface area contributed by atoms with Gasteiger partial charge in [0.1, 0.15) is 6.54 Å². The number of benzene rings is 1. The fourth-order valence-electron chi connectivity index (χ4n) is 5.74. The number of rotatable bonds is 8. The number of urea groups is 1. The summed E-state index contributed by atoms with van der Waals surface area (Å²) >= 11 is 0. The van der Waals surface area contributed by atoms with Crippen LogP contribution in [0.3, 0.4) is 0 Å². The van der Waals surface area contributed by atoms with Crippen molar-refractivity contribution in [2.24, 2.45) is 11.7 Å². The average molecular weight is 456 g/mol. The standard InChI is InChI=1S/C25H37N5O3/c1-27(2)25(20-7-5-4-6-8-20)13-11-24(12-14-25)18-29(17-22(32)28(3)16-21(26)31)23(33)30(24)15-19-9-10-19/h4-8,19H,9-18H2,1-3H3,(H2,26,31)/t24-,25+. The summed E-state index contributed by atoms with van der Waals surface area (Å²) in [5.41, 5.74) is 6.27. The molecule has 3 aliphatic rings. The first-order chi connectivity index (χ1) is 15.7. The summed E-state index contributed by atoms with van der Waals surface area (Å²) in [6, 6.07) is 10.6. The second-order valence-corrected chi connectivity index (χ2v) is 10.4. The van der Waals surface area contributed by atoms with Crippen molar-refractivity contribution in [1.29, 1.82) is 0 Å². The van der Waals surface area contributed by atoms with E-state index in [1.165, 1.54) is 23.3 Å². The number of primary amides is 1. The molecule has 8 heteroatoms. The Labute approximate surface area is 196 Å². The van der Waals surface area contributed by atoms with Crippen molar-refractivity contribution in [1.82, 2.24) is 19.6 Å². The van der Waals surface area contributed by atoms with Crippen molar-refractivity contribution >= 4 is 17.8 Å². The predicted octanol–water partition coefficient (Wildman–Crippen LogP) is 1.85. The van der Waals surface area contributed by atoms with Gasteiger partial charge in [-0.05, 0) is 64.1 Å². The fourth-order valence-corrected chi connectivity index (χ4v) is 5.74. The molecule has 1 aliphatic heterocycles. The highest BCUT2D eigenvalue weighted by Gasteiger charge is 2.55. The van der Waals surface area contributed by atoms with Crippen LogP contribution >= 0.6 is 0 Å². The molecule has 1 heterocycles. The summed E-state index contributed by atoms with van der Waals surface area (Å²) in [5.74, 6) is -0.236. The maximum absolute atomic E-state index is 13.5. The molecule has 3 fully saturated rings. The first-order valence-electron chi connectivity index (χ1n) is 12.0. The molecule has 1 aromatic carbocycles. The van der Waals surface area contributed by atoms with Crippen LogP contribution in [0.1, 0.15) is 44.1 Å². The molecule has 33 heavy (non-hydrogen) atoms. The Hall–Kier alpha value is -2.61. The van der Waals surface area contributed by atoms with E-state index in [0.717, 1.165) is 32.2 Å². The summed E-state index contributed by atoms with van der Waals surface area (Å²) < 4.78 is 0. The van der Waals surface area contributed by atoms with E-state index in [4.69, 9.17) is 5.73 Å². The topological polar surface area (TPSA) is 90.2 Å². The second kappa shape index (κ2) is 8.97. The Kier molecular flexibility index (Phi) is 6.40. The number of carbonyl (C=O) groups is 3. The van der Waals surface area contributed by atoms with Crippen molar-refractivity contribution in [3.63, 3.8) is 0 Å². The Morgan fingerprint density at radius 3 is 2.24 bits per heavy atom. The summed E-state index contributed by atoms with van der Waals surface area (Å²) in [5, 5.41) is 0. The van der Waals surface area contributed by atoms with Gasteiger partial charge in [0.25, 0.3) is 0 Å². The predicted molar refractivity (Wildman–Crippen MR) is 126 cm³/mol. The van der Waals surface area contributed by atoms with Gasteiger partial charge in [-0.15, -0.1) is 0 Å². The highest BCUT2D eigenvalue weighted by Crippen LogP contribution is 2.49. The van der Waals surface area contributed by atoms with E-state index in [2.05, 4.69) is 48.2 Å². The molecule has 4 amide bonds. The van der Waals surface area contributed by atoms with Crippen LogP contribution < -0.4 is 5.73 Å². The molecule has 2 N–H and O–H groups in total. The molecule has 0 bridgehead atoms. The average Bonchev–Trinajstić information content (AvgIpc) is 3.57. The minimum absolute atomic E-state index is 0.0109. The zero-order valence-electron chi connectivity index (χ0n) is 20.1. The molecule has 0 unspecified atom stereocenters. The van der Waals surface area contributed by atoms with E-state index in [9.17, 15) is 14.4 Å². The summed E-state index contributed by atoms with van der Waals surface area (Å²) in [6.45, 7) is 1.19. The van der Waals surface area contributed by atoms with E-state index in [1.54, 1.807) is 11.9 Å². The largest absolute Gasteiger partial charge is 0.368 e. The molecule has 8 nitrogen and oxygen atoms in total. The van der Waals surface area contributed by atoms with Crippen LogP contribution in [0, 0.1) is 5.92 Å². The van der Waals surface area contributed by atoms with Crippen LogP contribution in [0.5, 0.6) is 0 Å². The Morgan fingerprint density at radius 2 is 1.70 bits per heavy atom. The fraction of sp³-hybridized carbons (Fsp3) is 0.640. The molecular formula is C25H37N5O3. The van der Waals surface area contributed by atoms with E-state index in [1.807, 2.05) is 6.07 Å². The van der Waals surface area contributed by atoms with Crippen LogP contribution in [0.2, 0.25) is 0 Å². The van der Waals surface area contributed by atoms with E-state index < -0.39 is 5.91 Å². The maximum Gasteiger partial charge on any atom is 0.321 e. The van der Waals surface area contributed by atoms with Crippen molar-refractivity contribution in [3.05, 3.63) is 35.9 Å². The molecule has 0 atom stereocenters. The normalized spacial score (nSPS) is 27.5. The quantitative estimate of drug-likeness (QED) is 0.648. The summed E-state index contributed by atoms with van der Waals surface area (Å²) in [4.78, 5) is 44.7. The lowest BCUT2D eigenvalue weighted by molar-refractivity contribution is -0.134. The van der Waals surface area contributed by atoms with Gasteiger partial charge >= 0.3 is 6.03 Å². The first-order valence-corrected chi connectivity index (χ1v) is 12.0. The number of hydrogen-bond donors (Lipinski definition) is 1. The highest BCUT2D eigenvalue weighted by molar-refractivity contribution is 5.88. The van der Waals surface area contributed by atoms with Crippen molar-refractivity contribution in [2.75, 3.05) is 47.3 Å². The lowest BCUT2D eigenvalue weighted by atomic mass is 9.68. The molecule has 4 rings (SSSR count). The Balaban J connectivity index is 1.53. The molecule has 1 spiro atoms. The van der Waals surface area contributed by atoms with Crippen LogP contribution in [-0.2, 0) is 15.1 Å². The molecule has 0 radical (unpaired) electrons. The lowest BCUT2D eigenvalue weighted by Crippen LogP contribution is -2.55. The van der Waals surface area contributed by atoms with Gasteiger partial charge in [-0.25, -0.2) is 4.79 Å². The molecule has 1 aromatic rings. The monoisotopic (exact) mass is 455 g/mol. The number of likely N-dealkylation sites (N-methyl/N-ethyl adjacent to an activating group) is 1. The summed E-state index contributed by atoms with van der Waals surface area (Å²) in [6.07, 6.45) is 6.07. The van der Waals surface area contributed by atoms with Crippen LogP contribution in [0.15, 0.2) is 30.3 Å². The van der Waals surface area contributed by atoms with E-state index in [-0.39, 0.29) is 36.1 Å². The van der Waals surface area contributed by atoms with Crippen molar-refractivity contribution < 1.29 is 14.4 Å². The van der Waals surface area contributed by atoms with Crippen LogP contribution in [0.25, 0.3) is 0 Å². The first kappa shape index (κ1) is 23.5. The van der Waals surface area contributed by atoms with Gasteiger partial charge < -0.3 is 20.4 Å². The number of amides is 4. The smallest absolute Gasteiger partial charge is 0.321 e. The van der Waals surface area contributed by atoms with Gasteiger partial charge in [0, 0.05) is 25.7 Å². The van der Waals surface area contributed by atoms with Gasteiger partial charge in [0.15, 0.2) is 0 Å². The SMILES string of the molecule is CN(CC(N)=O)C(=O)CN1C[C@]2(CC[C@](c3ccccc3)(N(C)C)CC2)N(CC2CC2)C1=O. The molecule has 180 valence electrons. The third-order valence-corrected chi connectivity index (χ3v) is 8.02. The molecule has 2 saturated carbocycles.